The number of amides is 2. The molecular formula is C25H24FN5O4. The van der Waals surface area contributed by atoms with Crippen molar-refractivity contribution in [2.45, 2.75) is 31.9 Å². The topological polar surface area (TPSA) is 120 Å². The zero-order valence-electron chi connectivity index (χ0n) is 19.4. The summed E-state index contributed by atoms with van der Waals surface area (Å²) >= 11 is 0. The molecule has 0 aliphatic carbocycles. The van der Waals surface area contributed by atoms with Gasteiger partial charge in [-0.3, -0.25) is 14.7 Å². The molecule has 0 bridgehead atoms. The van der Waals surface area contributed by atoms with E-state index < -0.39 is 17.6 Å². The molecule has 3 N–H and O–H groups in total. The molecule has 4 rings (SSSR count). The van der Waals surface area contributed by atoms with Crippen LogP contribution in [-0.2, 0) is 11.2 Å². The van der Waals surface area contributed by atoms with Gasteiger partial charge >= 0.3 is 0 Å². The number of aromatic nitrogens is 3. The highest BCUT2D eigenvalue weighted by Crippen LogP contribution is 2.31. The monoisotopic (exact) mass is 477 g/mol. The highest BCUT2D eigenvalue weighted by atomic mass is 19.1. The van der Waals surface area contributed by atoms with Gasteiger partial charge in [-0.25, -0.2) is 9.37 Å². The van der Waals surface area contributed by atoms with E-state index in [1.165, 1.54) is 17.0 Å². The highest BCUT2D eigenvalue weighted by Gasteiger charge is 2.31. The molecule has 3 aromatic rings. The van der Waals surface area contributed by atoms with Gasteiger partial charge in [-0.2, -0.15) is 0 Å². The number of nitrogens with one attached hydrogen (secondary N) is 2. The fourth-order valence-corrected chi connectivity index (χ4v) is 3.40. The van der Waals surface area contributed by atoms with Crippen molar-refractivity contribution in [3.8, 4) is 17.6 Å². The summed E-state index contributed by atoms with van der Waals surface area (Å²) in [6, 6.07) is 10.1. The zero-order chi connectivity index (χ0) is 25.2. The molecule has 1 atom stereocenters. The molecule has 0 unspecified atom stereocenters. The number of anilines is 1. The number of aromatic amines is 1. The second kappa shape index (κ2) is 9.56. The fourth-order valence-electron chi connectivity index (χ4n) is 3.40. The Kier molecular flexibility index (Phi) is 6.53. The first-order chi connectivity index (χ1) is 16.6. The molecule has 10 heteroatoms. The van der Waals surface area contributed by atoms with E-state index in [9.17, 15) is 19.1 Å². The van der Waals surface area contributed by atoms with Gasteiger partial charge in [0, 0.05) is 19.0 Å². The van der Waals surface area contributed by atoms with Crippen molar-refractivity contribution in [2.75, 3.05) is 18.6 Å². The fraction of sp³-hybridized carbons (Fsp3) is 0.280. The number of fused-ring (bicyclic) bond motifs is 1. The summed E-state index contributed by atoms with van der Waals surface area (Å²) < 4.78 is 18.9. The van der Waals surface area contributed by atoms with E-state index in [0.717, 1.165) is 5.56 Å². The molecule has 2 amide bonds. The quantitative estimate of drug-likeness (QED) is 0.493. The van der Waals surface area contributed by atoms with Gasteiger partial charge in [-0.1, -0.05) is 24.0 Å². The van der Waals surface area contributed by atoms with Crippen LogP contribution in [0.2, 0.25) is 0 Å². The molecule has 1 aliphatic rings. The predicted molar refractivity (Wildman–Crippen MR) is 125 cm³/mol. The van der Waals surface area contributed by atoms with Gasteiger partial charge in [0.15, 0.2) is 0 Å². The Hall–Kier alpha value is -4.23. The van der Waals surface area contributed by atoms with Crippen molar-refractivity contribution in [3.63, 3.8) is 0 Å². The van der Waals surface area contributed by atoms with Gasteiger partial charge in [0.05, 0.1) is 5.69 Å². The highest BCUT2D eigenvalue weighted by molar-refractivity contribution is 6.02. The van der Waals surface area contributed by atoms with E-state index in [0.29, 0.717) is 29.2 Å². The summed E-state index contributed by atoms with van der Waals surface area (Å²) in [5.74, 6) is 5.02. The third-order valence-electron chi connectivity index (χ3n) is 5.19. The molecule has 0 saturated heterocycles. The first-order valence-electron chi connectivity index (χ1n) is 10.9. The lowest BCUT2D eigenvalue weighted by molar-refractivity contribution is -0.120. The van der Waals surface area contributed by atoms with Crippen LogP contribution in [0.15, 0.2) is 42.5 Å². The summed E-state index contributed by atoms with van der Waals surface area (Å²) in [5.41, 5.74) is 0.743. The maximum Gasteiger partial charge on any atom is 0.291 e. The first-order valence-corrected chi connectivity index (χ1v) is 10.9. The molecular weight excluding hydrogens is 453 g/mol. The largest absolute Gasteiger partial charge is 0.489 e. The minimum absolute atomic E-state index is 0.0799. The second-order valence-electron chi connectivity index (χ2n) is 8.63. The van der Waals surface area contributed by atoms with Gasteiger partial charge in [-0.15, -0.1) is 5.10 Å². The van der Waals surface area contributed by atoms with Crippen molar-refractivity contribution < 1.29 is 23.8 Å². The lowest BCUT2D eigenvalue weighted by Gasteiger charge is -2.20. The van der Waals surface area contributed by atoms with Crippen LogP contribution in [0.25, 0.3) is 0 Å². The van der Waals surface area contributed by atoms with Crippen LogP contribution in [0.1, 0.15) is 41.4 Å². The van der Waals surface area contributed by atoms with E-state index in [1.807, 2.05) is 0 Å². The molecule has 2 aromatic carbocycles. The number of halogens is 1. The van der Waals surface area contributed by atoms with Crippen LogP contribution in [0.4, 0.5) is 10.1 Å². The van der Waals surface area contributed by atoms with Crippen molar-refractivity contribution >= 4 is 17.5 Å². The molecule has 0 spiro atoms. The van der Waals surface area contributed by atoms with Crippen molar-refractivity contribution in [1.82, 2.24) is 20.5 Å². The summed E-state index contributed by atoms with van der Waals surface area (Å²) in [6.07, 6.45) is 0.336. The van der Waals surface area contributed by atoms with Crippen molar-refractivity contribution in [1.29, 1.82) is 0 Å². The van der Waals surface area contributed by atoms with E-state index >= 15 is 0 Å². The number of rotatable bonds is 4. The number of likely N-dealkylation sites (N-methyl/N-ethyl adjacent to an activating group) is 1. The zero-order valence-corrected chi connectivity index (χ0v) is 19.4. The van der Waals surface area contributed by atoms with Crippen LogP contribution in [0.5, 0.6) is 5.75 Å². The van der Waals surface area contributed by atoms with Crippen LogP contribution in [0.3, 0.4) is 0 Å². The molecule has 1 aliphatic heterocycles. The Morgan fingerprint density at radius 1 is 1.31 bits per heavy atom. The molecule has 2 heterocycles. The average molecular weight is 477 g/mol. The summed E-state index contributed by atoms with van der Waals surface area (Å²) in [7, 11) is 1.58. The number of nitrogens with zero attached hydrogens (tertiary/aromatic N) is 3. The number of carbonyl (C=O) groups excluding carboxylic acids is 2. The number of carbonyl (C=O) groups is 2. The lowest BCUT2D eigenvalue weighted by Crippen LogP contribution is -2.49. The molecule has 1 aromatic heterocycles. The third-order valence-corrected chi connectivity index (χ3v) is 5.19. The van der Waals surface area contributed by atoms with Gasteiger partial charge < -0.3 is 20.1 Å². The molecule has 9 nitrogen and oxygen atoms in total. The van der Waals surface area contributed by atoms with E-state index in [1.54, 1.807) is 51.2 Å². The summed E-state index contributed by atoms with van der Waals surface area (Å²) in [4.78, 5) is 31.3. The molecule has 180 valence electrons. The summed E-state index contributed by atoms with van der Waals surface area (Å²) in [5, 5.41) is 19.1. The van der Waals surface area contributed by atoms with Crippen molar-refractivity contribution in [3.05, 3.63) is 71.1 Å². The minimum atomic E-state index is -1.15. The lowest BCUT2D eigenvalue weighted by atomic mass is 10.1. The number of hydrogen-bond acceptors (Lipinski definition) is 6. The SMILES string of the molecule is CN1C(=O)[C@H](NC(=O)c2n[nH]c(Cc3ccc(F)cc3)n2)COc2ccc(C#CC(C)(C)O)cc21. The van der Waals surface area contributed by atoms with Gasteiger partial charge in [0.1, 0.15) is 35.6 Å². The molecule has 35 heavy (non-hydrogen) atoms. The first kappa shape index (κ1) is 23.9. The normalized spacial score (nSPS) is 15.4. The standard InChI is InChI=1S/C25H24FN5O4/c1-25(2,34)11-10-16-6-9-20-19(12-16)31(3)24(33)18(14-35-20)27-23(32)22-28-21(29-30-22)13-15-4-7-17(26)8-5-15/h4-9,12,18,34H,13-14H2,1-3H3,(H,27,32)(H,28,29,30)/t18-/m1/s1. The smallest absolute Gasteiger partial charge is 0.291 e. The third kappa shape index (κ3) is 5.83. The number of ether oxygens (including phenoxy) is 1. The Labute approximate surface area is 201 Å². The number of H-pyrrole nitrogens is 1. The Morgan fingerprint density at radius 2 is 2.06 bits per heavy atom. The van der Waals surface area contributed by atoms with E-state index in [-0.39, 0.29) is 24.2 Å². The van der Waals surface area contributed by atoms with Gasteiger partial charge in [0.25, 0.3) is 11.8 Å². The van der Waals surface area contributed by atoms with Gasteiger partial charge in [0.2, 0.25) is 5.82 Å². The Morgan fingerprint density at radius 3 is 2.77 bits per heavy atom. The van der Waals surface area contributed by atoms with E-state index in [4.69, 9.17) is 4.74 Å². The average Bonchev–Trinajstić information content (AvgIpc) is 3.25. The van der Waals surface area contributed by atoms with Crippen LogP contribution in [-0.4, -0.2) is 57.4 Å². The molecule has 0 radical (unpaired) electrons. The maximum absolute atomic E-state index is 13.1. The van der Waals surface area contributed by atoms with Crippen LogP contribution in [0, 0.1) is 17.7 Å². The second-order valence-corrected chi connectivity index (χ2v) is 8.63. The van der Waals surface area contributed by atoms with Crippen LogP contribution >= 0.6 is 0 Å². The number of hydrogen-bond donors (Lipinski definition) is 3. The Bertz CT molecular complexity index is 1320. The minimum Gasteiger partial charge on any atom is -0.489 e. The number of benzene rings is 2. The van der Waals surface area contributed by atoms with Crippen LogP contribution < -0.4 is 15.0 Å². The van der Waals surface area contributed by atoms with Crippen molar-refractivity contribution in [2.24, 2.45) is 0 Å². The maximum atomic E-state index is 13.1. The molecule has 0 fully saturated rings. The number of aliphatic hydroxyl groups is 1. The predicted octanol–water partition coefficient (Wildman–Crippen LogP) is 1.81. The summed E-state index contributed by atoms with van der Waals surface area (Å²) in [6.45, 7) is 3.08. The Balaban J connectivity index is 1.45. The van der Waals surface area contributed by atoms with Gasteiger partial charge in [-0.05, 0) is 49.7 Å². The van der Waals surface area contributed by atoms with E-state index in [2.05, 4.69) is 32.3 Å². The molecule has 0 saturated carbocycles.